The molecule has 1 aliphatic heterocycles. The van der Waals surface area contributed by atoms with Gasteiger partial charge in [-0.1, -0.05) is 11.6 Å². The van der Waals surface area contributed by atoms with Gasteiger partial charge in [-0.3, -0.25) is 9.69 Å². The SMILES string of the molecule is CN(CC(=O)Nc1ccc(Cl)cc1)C1CNC1. The van der Waals surface area contributed by atoms with Gasteiger partial charge in [-0.15, -0.1) is 0 Å². The molecule has 2 N–H and O–H groups in total. The molecular formula is C12H16ClN3O. The van der Waals surface area contributed by atoms with Gasteiger partial charge in [0.05, 0.1) is 6.54 Å². The maximum Gasteiger partial charge on any atom is 0.238 e. The summed E-state index contributed by atoms with van der Waals surface area (Å²) in [6, 6.07) is 7.59. The summed E-state index contributed by atoms with van der Waals surface area (Å²) in [4.78, 5) is 13.8. The summed E-state index contributed by atoms with van der Waals surface area (Å²) in [7, 11) is 1.97. The Morgan fingerprint density at radius 3 is 2.65 bits per heavy atom. The molecule has 92 valence electrons. The molecule has 1 aromatic rings. The van der Waals surface area contributed by atoms with E-state index in [1.807, 2.05) is 7.05 Å². The predicted octanol–water partition coefficient (Wildman–Crippen LogP) is 1.18. The van der Waals surface area contributed by atoms with Crippen molar-refractivity contribution in [2.45, 2.75) is 6.04 Å². The molecule has 0 spiro atoms. The second-order valence-electron chi connectivity index (χ2n) is 4.28. The molecule has 1 saturated heterocycles. The molecule has 5 heteroatoms. The average Bonchev–Trinajstić information content (AvgIpc) is 2.18. The molecule has 2 rings (SSSR count). The van der Waals surface area contributed by atoms with Crippen LogP contribution in [0, 0.1) is 0 Å². The van der Waals surface area contributed by atoms with Crippen molar-refractivity contribution in [3.8, 4) is 0 Å². The highest BCUT2D eigenvalue weighted by molar-refractivity contribution is 6.30. The van der Waals surface area contributed by atoms with E-state index in [-0.39, 0.29) is 5.91 Å². The van der Waals surface area contributed by atoms with E-state index in [9.17, 15) is 4.79 Å². The topological polar surface area (TPSA) is 44.4 Å². The third-order valence-electron chi connectivity index (χ3n) is 2.90. The number of benzene rings is 1. The lowest BCUT2D eigenvalue weighted by Gasteiger charge is -2.35. The van der Waals surface area contributed by atoms with Crippen LogP contribution >= 0.6 is 11.6 Å². The van der Waals surface area contributed by atoms with Crippen LogP contribution < -0.4 is 10.6 Å². The van der Waals surface area contributed by atoms with Gasteiger partial charge >= 0.3 is 0 Å². The van der Waals surface area contributed by atoms with Crippen molar-refractivity contribution in [1.29, 1.82) is 0 Å². The van der Waals surface area contributed by atoms with Crippen molar-refractivity contribution in [3.63, 3.8) is 0 Å². The average molecular weight is 254 g/mol. The number of likely N-dealkylation sites (N-methyl/N-ethyl adjacent to an activating group) is 1. The summed E-state index contributed by atoms with van der Waals surface area (Å²) in [5, 5.41) is 6.69. The number of nitrogens with zero attached hydrogens (tertiary/aromatic N) is 1. The van der Waals surface area contributed by atoms with Gasteiger partial charge in [0, 0.05) is 29.8 Å². The monoisotopic (exact) mass is 253 g/mol. The fourth-order valence-corrected chi connectivity index (χ4v) is 1.80. The fourth-order valence-electron chi connectivity index (χ4n) is 1.67. The molecule has 4 nitrogen and oxygen atoms in total. The van der Waals surface area contributed by atoms with Gasteiger partial charge in [0.15, 0.2) is 0 Å². The molecule has 1 heterocycles. The zero-order valence-electron chi connectivity index (χ0n) is 9.74. The molecular weight excluding hydrogens is 238 g/mol. The van der Waals surface area contributed by atoms with Crippen LogP contribution in [0.3, 0.4) is 0 Å². The quantitative estimate of drug-likeness (QED) is 0.847. The summed E-state index contributed by atoms with van der Waals surface area (Å²) < 4.78 is 0. The molecule has 0 unspecified atom stereocenters. The number of hydrogen-bond acceptors (Lipinski definition) is 3. The van der Waals surface area contributed by atoms with Crippen molar-refractivity contribution in [3.05, 3.63) is 29.3 Å². The number of carbonyl (C=O) groups is 1. The molecule has 17 heavy (non-hydrogen) atoms. The maximum absolute atomic E-state index is 11.7. The smallest absolute Gasteiger partial charge is 0.238 e. The number of anilines is 1. The number of hydrogen-bond donors (Lipinski definition) is 2. The van der Waals surface area contributed by atoms with Crippen LogP contribution in [0.5, 0.6) is 0 Å². The molecule has 0 bridgehead atoms. The van der Waals surface area contributed by atoms with E-state index in [1.165, 1.54) is 0 Å². The Hall–Kier alpha value is -1.10. The Morgan fingerprint density at radius 2 is 2.12 bits per heavy atom. The Morgan fingerprint density at radius 1 is 1.47 bits per heavy atom. The second-order valence-corrected chi connectivity index (χ2v) is 4.72. The lowest BCUT2D eigenvalue weighted by molar-refractivity contribution is -0.117. The maximum atomic E-state index is 11.7. The van der Waals surface area contributed by atoms with Crippen molar-refractivity contribution in [2.24, 2.45) is 0 Å². The van der Waals surface area contributed by atoms with E-state index in [4.69, 9.17) is 11.6 Å². The minimum absolute atomic E-state index is 0.00159. The van der Waals surface area contributed by atoms with E-state index in [0.717, 1.165) is 18.8 Å². The highest BCUT2D eigenvalue weighted by atomic mass is 35.5. The number of halogens is 1. The van der Waals surface area contributed by atoms with Gasteiger partial charge < -0.3 is 10.6 Å². The van der Waals surface area contributed by atoms with Crippen molar-refractivity contribution < 1.29 is 4.79 Å². The Bertz CT molecular complexity index is 389. The minimum atomic E-state index is 0.00159. The number of carbonyl (C=O) groups excluding carboxylic acids is 1. The zero-order chi connectivity index (χ0) is 12.3. The normalized spacial score (nSPS) is 15.7. The summed E-state index contributed by atoms with van der Waals surface area (Å²) in [6.07, 6.45) is 0. The largest absolute Gasteiger partial charge is 0.325 e. The van der Waals surface area contributed by atoms with Gasteiger partial charge in [0.1, 0.15) is 0 Å². The second kappa shape index (κ2) is 5.49. The van der Waals surface area contributed by atoms with Crippen LogP contribution in [0.1, 0.15) is 0 Å². The molecule has 0 aliphatic carbocycles. The molecule has 1 aromatic carbocycles. The highest BCUT2D eigenvalue weighted by Crippen LogP contribution is 2.13. The van der Waals surface area contributed by atoms with E-state index in [1.54, 1.807) is 24.3 Å². The molecule has 0 atom stereocenters. The van der Waals surface area contributed by atoms with Crippen LogP contribution in [-0.4, -0.2) is 43.5 Å². The predicted molar refractivity (Wildman–Crippen MR) is 69.4 cm³/mol. The van der Waals surface area contributed by atoms with Crippen LogP contribution in [-0.2, 0) is 4.79 Å². The molecule has 1 amide bonds. The van der Waals surface area contributed by atoms with E-state index < -0.39 is 0 Å². The Labute approximate surface area is 106 Å². The van der Waals surface area contributed by atoms with Crippen molar-refractivity contribution in [1.82, 2.24) is 10.2 Å². The molecule has 1 aliphatic rings. The number of amides is 1. The number of rotatable bonds is 4. The van der Waals surface area contributed by atoms with Crippen LogP contribution in [0.15, 0.2) is 24.3 Å². The molecule has 0 radical (unpaired) electrons. The number of nitrogens with one attached hydrogen (secondary N) is 2. The standard InChI is InChI=1S/C12H16ClN3O/c1-16(11-6-14-7-11)8-12(17)15-10-4-2-9(13)3-5-10/h2-5,11,14H,6-8H2,1H3,(H,15,17). The summed E-state index contributed by atoms with van der Waals surface area (Å²) in [6.45, 7) is 2.34. The van der Waals surface area contributed by atoms with E-state index in [0.29, 0.717) is 17.6 Å². The third-order valence-corrected chi connectivity index (χ3v) is 3.16. The van der Waals surface area contributed by atoms with Gasteiger partial charge in [0.25, 0.3) is 0 Å². The first-order chi connectivity index (χ1) is 8.15. The van der Waals surface area contributed by atoms with Crippen LogP contribution in [0.2, 0.25) is 5.02 Å². The summed E-state index contributed by atoms with van der Waals surface area (Å²) in [5.41, 5.74) is 0.777. The van der Waals surface area contributed by atoms with E-state index >= 15 is 0 Å². The first kappa shape index (κ1) is 12.4. The van der Waals surface area contributed by atoms with Gasteiger partial charge in [-0.05, 0) is 31.3 Å². The first-order valence-electron chi connectivity index (χ1n) is 5.61. The van der Waals surface area contributed by atoms with Crippen molar-refractivity contribution >= 4 is 23.2 Å². The van der Waals surface area contributed by atoms with Gasteiger partial charge in [-0.2, -0.15) is 0 Å². The Balaban J connectivity index is 1.82. The lowest BCUT2D eigenvalue weighted by Crippen LogP contribution is -2.57. The summed E-state index contributed by atoms with van der Waals surface area (Å²) >= 11 is 5.77. The molecule has 0 saturated carbocycles. The molecule has 1 fully saturated rings. The summed E-state index contributed by atoms with van der Waals surface area (Å²) in [5.74, 6) is 0.00159. The highest BCUT2D eigenvalue weighted by Gasteiger charge is 2.22. The Kier molecular flexibility index (Phi) is 3.99. The van der Waals surface area contributed by atoms with Gasteiger partial charge in [-0.25, -0.2) is 0 Å². The van der Waals surface area contributed by atoms with Crippen LogP contribution in [0.25, 0.3) is 0 Å². The fraction of sp³-hybridized carbons (Fsp3) is 0.417. The minimum Gasteiger partial charge on any atom is -0.325 e. The first-order valence-corrected chi connectivity index (χ1v) is 5.99. The van der Waals surface area contributed by atoms with E-state index in [2.05, 4.69) is 15.5 Å². The molecule has 0 aromatic heterocycles. The van der Waals surface area contributed by atoms with Crippen LogP contribution in [0.4, 0.5) is 5.69 Å². The lowest BCUT2D eigenvalue weighted by atomic mass is 10.1. The van der Waals surface area contributed by atoms with Crippen molar-refractivity contribution in [2.75, 3.05) is 32.0 Å². The zero-order valence-corrected chi connectivity index (χ0v) is 10.5. The van der Waals surface area contributed by atoms with Gasteiger partial charge in [0.2, 0.25) is 5.91 Å². The third kappa shape index (κ3) is 3.43.